The Morgan fingerprint density at radius 1 is 1.07 bits per heavy atom. The number of benzene rings is 2. The van der Waals surface area contributed by atoms with Gasteiger partial charge in [-0.3, -0.25) is 9.59 Å². The van der Waals surface area contributed by atoms with Crippen molar-refractivity contribution in [3.8, 4) is 0 Å². The molecule has 1 aliphatic carbocycles. The highest BCUT2D eigenvalue weighted by Gasteiger charge is 2.68. The summed E-state index contributed by atoms with van der Waals surface area (Å²) in [5.41, 5.74) is 0.896. The minimum absolute atomic E-state index is 0.0238. The zero-order chi connectivity index (χ0) is 20.9. The van der Waals surface area contributed by atoms with E-state index in [0.717, 1.165) is 24.8 Å². The molecule has 2 aromatic carbocycles. The molecule has 0 radical (unpaired) electrons. The summed E-state index contributed by atoms with van der Waals surface area (Å²) in [6, 6.07) is 15.3. The smallest absolute Gasteiger partial charge is 0.254 e. The lowest BCUT2D eigenvalue weighted by Crippen LogP contribution is -2.86. The predicted molar refractivity (Wildman–Crippen MR) is 109 cm³/mol. The highest BCUT2D eigenvalue weighted by atomic mass is 19.1. The Balaban J connectivity index is 1.43. The van der Waals surface area contributed by atoms with Crippen molar-refractivity contribution in [2.45, 2.75) is 36.8 Å². The Kier molecular flexibility index (Phi) is 4.62. The highest BCUT2D eigenvalue weighted by Crippen LogP contribution is 2.55. The molecule has 2 heterocycles. The molecular weight excluding hydrogens is 383 g/mol. The van der Waals surface area contributed by atoms with Crippen molar-refractivity contribution >= 4 is 11.8 Å². The van der Waals surface area contributed by atoms with Gasteiger partial charge in [-0.1, -0.05) is 42.8 Å². The first-order valence-corrected chi connectivity index (χ1v) is 10.6. The van der Waals surface area contributed by atoms with Crippen molar-refractivity contribution in [3.63, 3.8) is 0 Å². The van der Waals surface area contributed by atoms with Crippen LogP contribution in [-0.4, -0.2) is 58.0 Å². The van der Waals surface area contributed by atoms with Gasteiger partial charge >= 0.3 is 0 Å². The first-order valence-electron chi connectivity index (χ1n) is 10.6. The zero-order valence-corrected chi connectivity index (χ0v) is 16.7. The SMILES string of the molecule is O=C(c1cccc(F)c1)N1CC2(C1)[C@H](c1ccccc1)[C@H](CO)N2C(=O)C1CCC1. The number of aliphatic hydroxyl groups is 1. The van der Waals surface area contributed by atoms with Gasteiger partial charge in [0.1, 0.15) is 5.82 Å². The van der Waals surface area contributed by atoms with Gasteiger partial charge in [0.05, 0.1) is 18.2 Å². The number of carbonyl (C=O) groups is 2. The molecule has 0 aromatic heterocycles. The lowest BCUT2D eigenvalue weighted by atomic mass is 9.59. The van der Waals surface area contributed by atoms with Crippen LogP contribution in [0.25, 0.3) is 0 Å². The van der Waals surface area contributed by atoms with Gasteiger partial charge in [-0.25, -0.2) is 4.39 Å². The molecule has 5 rings (SSSR count). The third-order valence-electron chi connectivity index (χ3n) is 7.10. The van der Waals surface area contributed by atoms with E-state index in [1.54, 1.807) is 11.0 Å². The van der Waals surface area contributed by atoms with Gasteiger partial charge in [0.2, 0.25) is 5.91 Å². The predicted octanol–water partition coefficient (Wildman–Crippen LogP) is 2.81. The summed E-state index contributed by atoms with van der Waals surface area (Å²) in [4.78, 5) is 29.6. The van der Waals surface area contributed by atoms with Gasteiger partial charge in [-0.15, -0.1) is 0 Å². The number of rotatable bonds is 4. The minimum atomic E-state index is -0.496. The van der Waals surface area contributed by atoms with Crippen LogP contribution in [0.5, 0.6) is 0 Å². The van der Waals surface area contributed by atoms with E-state index < -0.39 is 11.4 Å². The molecule has 3 fully saturated rings. The summed E-state index contributed by atoms with van der Waals surface area (Å²) >= 11 is 0. The average molecular weight is 408 g/mol. The summed E-state index contributed by atoms with van der Waals surface area (Å²) in [5, 5.41) is 10.1. The van der Waals surface area contributed by atoms with Gasteiger partial charge in [0.25, 0.3) is 5.91 Å². The number of carbonyl (C=O) groups excluding carboxylic acids is 2. The fraction of sp³-hybridized carbons (Fsp3) is 0.417. The summed E-state index contributed by atoms with van der Waals surface area (Å²) in [5.74, 6) is -0.560. The first kappa shape index (κ1) is 19.2. The van der Waals surface area contributed by atoms with Crippen LogP contribution in [0.1, 0.15) is 41.1 Å². The number of nitrogens with zero attached hydrogens (tertiary/aromatic N) is 2. The average Bonchev–Trinajstić information content (AvgIpc) is 2.65. The summed E-state index contributed by atoms with van der Waals surface area (Å²) in [7, 11) is 0. The quantitative estimate of drug-likeness (QED) is 0.846. The molecule has 2 aromatic rings. The fourth-order valence-electron chi connectivity index (χ4n) is 5.43. The fourth-order valence-corrected chi connectivity index (χ4v) is 5.43. The van der Waals surface area contributed by atoms with Crippen molar-refractivity contribution in [2.24, 2.45) is 5.92 Å². The molecular formula is C24H25FN2O3. The van der Waals surface area contributed by atoms with E-state index in [4.69, 9.17) is 0 Å². The van der Waals surface area contributed by atoms with Crippen molar-refractivity contribution in [3.05, 3.63) is 71.5 Å². The number of amides is 2. The third-order valence-corrected chi connectivity index (χ3v) is 7.10. The Morgan fingerprint density at radius 3 is 2.40 bits per heavy atom. The number of hydrogen-bond acceptors (Lipinski definition) is 3. The van der Waals surface area contributed by atoms with E-state index >= 15 is 0 Å². The second kappa shape index (κ2) is 7.20. The molecule has 2 amide bonds. The molecule has 1 saturated carbocycles. The van der Waals surface area contributed by atoms with Crippen molar-refractivity contribution in [2.75, 3.05) is 19.7 Å². The lowest BCUT2D eigenvalue weighted by Gasteiger charge is -2.71. The molecule has 6 heteroatoms. The Hall–Kier alpha value is -2.73. The molecule has 156 valence electrons. The van der Waals surface area contributed by atoms with E-state index in [0.29, 0.717) is 18.7 Å². The summed E-state index contributed by atoms with van der Waals surface area (Å²) in [6.07, 6.45) is 2.85. The van der Waals surface area contributed by atoms with Crippen LogP contribution in [-0.2, 0) is 4.79 Å². The van der Waals surface area contributed by atoms with Crippen molar-refractivity contribution in [1.29, 1.82) is 0 Å². The number of likely N-dealkylation sites (tertiary alicyclic amines) is 2. The maximum atomic E-state index is 13.6. The van der Waals surface area contributed by atoms with Crippen molar-refractivity contribution in [1.82, 2.24) is 9.80 Å². The van der Waals surface area contributed by atoms with Crippen LogP contribution in [0, 0.1) is 11.7 Å². The topological polar surface area (TPSA) is 60.9 Å². The number of halogens is 1. The van der Waals surface area contributed by atoms with E-state index in [-0.39, 0.29) is 36.3 Å². The summed E-state index contributed by atoms with van der Waals surface area (Å²) in [6.45, 7) is 0.700. The van der Waals surface area contributed by atoms with Crippen LogP contribution in [0.4, 0.5) is 4.39 Å². The highest BCUT2D eigenvalue weighted by molar-refractivity contribution is 5.95. The Morgan fingerprint density at radius 2 is 1.80 bits per heavy atom. The zero-order valence-electron chi connectivity index (χ0n) is 16.7. The monoisotopic (exact) mass is 408 g/mol. The molecule has 0 bridgehead atoms. The largest absolute Gasteiger partial charge is 0.394 e. The van der Waals surface area contributed by atoms with Crippen LogP contribution in [0.2, 0.25) is 0 Å². The molecule has 5 nitrogen and oxygen atoms in total. The molecule has 1 spiro atoms. The molecule has 2 saturated heterocycles. The Bertz CT molecular complexity index is 969. The molecule has 30 heavy (non-hydrogen) atoms. The Labute approximate surface area is 175 Å². The molecule has 2 aliphatic heterocycles. The van der Waals surface area contributed by atoms with E-state index in [1.165, 1.54) is 18.2 Å². The lowest BCUT2D eigenvalue weighted by molar-refractivity contribution is -0.199. The second-order valence-electron chi connectivity index (χ2n) is 8.75. The van der Waals surface area contributed by atoms with Gasteiger partial charge in [0, 0.05) is 30.5 Å². The van der Waals surface area contributed by atoms with Crippen LogP contribution in [0.3, 0.4) is 0 Å². The first-order chi connectivity index (χ1) is 14.5. The maximum absolute atomic E-state index is 13.6. The van der Waals surface area contributed by atoms with E-state index in [2.05, 4.69) is 0 Å². The van der Waals surface area contributed by atoms with Crippen LogP contribution >= 0.6 is 0 Å². The van der Waals surface area contributed by atoms with Crippen molar-refractivity contribution < 1.29 is 19.1 Å². The van der Waals surface area contributed by atoms with E-state index in [9.17, 15) is 19.1 Å². The minimum Gasteiger partial charge on any atom is -0.394 e. The van der Waals surface area contributed by atoms with Gasteiger partial charge in [-0.05, 0) is 36.6 Å². The third kappa shape index (κ3) is 2.77. The van der Waals surface area contributed by atoms with E-state index in [1.807, 2.05) is 35.2 Å². The number of aliphatic hydroxyl groups excluding tert-OH is 1. The summed E-state index contributed by atoms with van der Waals surface area (Å²) < 4.78 is 13.6. The molecule has 2 atom stereocenters. The van der Waals surface area contributed by atoms with Gasteiger partial charge in [0.15, 0.2) is 0 Å². The normalized spacial score (nSPS) is 24.7. The van der Waals surface area contributed by atoms with Gasteiger partial charge in [-0.2, -0.15) is 0 Å². The molecule has 0 unspecified atom stereocenters. The maximum Gasteiger partial charge on any atom is 0.254 e. The van der Waals surface area contributed by atoms with Crippen LogP contribution < -0.4 is 0 Å². The molecule has 3 aliphatic rings. The molecule has 1 N–H and O–H groups in total. The van der Waals surface area contributed by atoms with Gasteiger partial charge < -0.3 is 14.9 Å². The second-order valence-corrected chi connectivity index (χ2v) is 8.75. The standard InChI is InChI=1S/C24H25FN2O3/c25-19-11-5-10-18(12-19)22(29)26-14-24(15-26)21(16-6-2-1-3-7-16)20(13-28)27(24)23(30)17-8-4-9-17/h1-3,5-7,10-12,17,20-21,28H,4,8-9,13-15H2/t20-,21+/m0/s1. The van der Waals surface area contributed by atoms with Crippen LogP contribution in [0.15, 0.2) is 54.6 Å². The number of hydrogen-bond donors (Lipinski definition) is 1.